The summed E-state index contributed by atoms with van der Waals surface area (Å²) in [4.78, 5) is 11.8. The molecule has 3 aromatic rings. The van der Waals surface area contributed by atoms with Gasteiger partial charge in [0, 0.05) is 11.8 Å². The van der Waals surface area contributed by atoms with Gasteiger partial charge in [-0.05, 0) is 54.1 Å². The first-order valence-electron chi connectivity index (χ1n) is 10.1. The monoisotopic (exact) mass is 540 g/mol. The van der Waals surface area contributed by atoms with Gasteiger partial charge in [-0.3, -0.25) is 4.79 Å². The lowest BCUT2D eigenvalue weighted by molar-refractivity contribution is -0.137. The third-order valence-corrected chi connectivity index (χ3v) is 7.07. The van der Waals surface area contributed by atoms with Crippen molar-refractivity contribution >= 4 is 32.1 Å². The van der Waals surface area contributed by atoms with Crippen LogP contribution in [-0.2, 0) is 37.3 Å². The van der Waals surface area contributed by atoms with Gasteiger partial charge in [0.05, 0.1) is 23.1 Å². The summed E-state index contributed by atoms with van der Waals surface area (Å²) >= 11 is 0. The number of rotatable bonds is 8. The largest absolute Gasteiger partial charge is 0.416 e. The molecule has 0 radical (unpaired) electrons. The van der Waals surface area contributed by atoms with Crippen LogP contribution >= 0.6 is 0 Å². The molecule has 13 heteroatoms. The van der Waals surface area contributed by atoms with Crippen LogP contribution in [0.4, 0.5) is 13.2 Å². The summed E-state index contributed by atoms with van der Waals surface area (Å²) in [7, 11) is -7.81. The SMILES string of the molecule is CS(=O)(=O)c1ccc(CC(=O)N/N=C/c2ccccc2OS(=O)(=O)c2ccc(C(F)(F)F)cc2)cc1. The molecule has 0 bridgehead atoms. The number of amides is 1. The van der Waals surface area contributed by atoms with Crippen LogP contribution in [0.5, 0.6) is 5.75 Å². The number of hydrazone groups is 1. The fourth-order valence-electron chi connectivity index (χ4n) is 2.89. The molecule has 8 nitrogen and oxygen atoms in total. The number of benzene rings is 3. The van der Waals surface area contributed by atoms with E-state index in [1.165, 1.54) is 42.5 Å². The maximum absolute atomic E-state index is 12.7. The quantitative estimate of drug-likeness (QED) is 0.265. The number of para-hydroxylation sites is 1. The van der Waals surface area contributed by atoms with Crippen LogP contribution in [0.1, 0.15) is 16.7 Å². The number of nitrogens with zero attached hydrogens (tertiary/aromatic N) is 1. The van der Waals surface area contributed by atoms with Crippen molar-refractivity contribution in [3.8, 4) is 5.75 Å². The van der Waals surface area contributed by atoms with E-state index in [-0.39, 0.29) is 22.6 Å². The normalized spacial score (nSPS) is 12.4. The molecule has 0 spiro atoms. The van der Waals surface area contributed by atoms with Crippen molar-refractivity contribution in [1.29, 1.82) is 0 Å². The summed E-state index contributed by atoms with van der Waals surface area (Å²) in [6.07, 6.45) is -2.50. The Morgan fingerprint density at radius 1 is 0.917 bits per heavy atom. The van der Waals surface area contributed by atoms with Crippen LogP contribution in [0.25, 0.3) is 0 Å². The Labute approximate surface area is 205 Å². The Hall–Kier alpha value is -3.71. The third kappa shape index (κ3) is 7.15. The second-order valence-electron chi connectivity index (χ2n) is 7.48. The lowest BCUT2D eigenvalue weighted by atomic mass is 10.1. The molecule has 3 aromatic carbocycles. The average molecular weight is 541 g/mol. The maximum Gasteiger partial charge on any atom is 0.416 e. The van der Waals surface area contributed by atoms with Gasteiger partial charge in [-0.1, -0.05) is 24.3 Å². The summed E-state index contributed by atoms with van der Waals surface area (Å²) < 4.78 is 91.3. The highest BCUT2D eigenvalue weighted by Gasteiger charge is 2.31. The molecule has 0 aliphatic rings. The number of carbonyl (C=O) groups is 1. The zero-order valence-corrected chi connectivity index (χ0v) is 20.2. The maximum atomic E-state index is 12.7. The van der Waals surface area contributed by atoms with E-state index >= 15 is 0 Å². The molecule has 0 heterocycles. The number of carbonyl (C=O) groups excluding carboxylic acids is 1. The molecule has 0 fully saturated rings. The summed E-state index contributed by atoms with van der Waals surface area (Å²) in [6.45, 7) is 0. The number of sulfone groups is 1. The minimum Gasteiger partial charge on any atom is -0.378 e. The Kier molecular flexibility index (Phi) is 7.84. The Morgan fingerprint density at radius 3 is 2.08 bits per heavy atom. The molecule has 0 atom stereocenters. The Morgan fingerprint density at radius 2 is 1.50 bits per heavy atom. The summed E-state index contributed by atoms with van der Waals surface area (Å²) in [6, 6.07) is 14.4. The van der Waals surface area contributed by atoms with Gasteiger partial charge >= 0.3 is 16.3 Å². The molecule has 0 aromatic heterocycles. The van der Waals surface area contributed by atoms with E-state index in [0.29, 0.717) is 17.7 Å². The van der Waals surface area contributed by atoms with Crippen molar-refractivity contribution < 1.29 is 39.0 Å². The van der Waals surface area contributed by atoms with E-state index in [0.717, 1.165) is 24.6 Å². The van der Waals surface area contributed by atoms with Gasteiger partial charge in [-0.25, -0.2) is 13.8 Å². The van der Waals surface area contributed by atoms with Crippen molar-refractivity contribution in [2.75, 3.05) is 6.26 Å². The van der Waals surface area contributed by atoms with Gasteiger partial charge in [0.2, 0.25) is 5.91 Å². The predicted octanol–water partition coefficient (Wildman–Crippen LogP) is 3.57. The Balaban J connectivity index is 1.67. The molecule has 0 unspecified atom stereocenters. The summed E-state index contributed by atoms with van der Waals surface area (Å²) in [5, 5.41) is 3.78. The number of hydrogen-bond acceptors (Lipinski definition) is 7. The molecule has 1 amide bonds. The lowest BCUT2D eigenvalue weighted by Crippen LogP contribution is -2.20. The van der Waals surface area contributed by atoms with Crippen molar-refractivity contribution in [3.63, 3.8) is 0 Å². The van der Waals surface area contributed by atoms with Crippen LogP contribution in [-0.4, -0.2) is 35.2 Å². The van der Waals surface area contributed by atoms with Crippen LogP contribution in [0.15, 0.2) is 87.7 Å². The van der Waals surface area contributed by atoms with E-state index in [2.05, 4.69) is 10.5 Å². The van der Waals surface area contributed by atoms with E-state index in [1.54, 1.807) is 6.07 Å². The standard InChI is InChI=1S/C23H19F3N2O6S2/c1-35(30,31)19-10-6-16(7-11-19)14-22(29)28-27-15-17-4-2-3-5-21(17)34-36(32,33)20-12-8-18(9-13-20)23(24,25)26/h2-13,15H,14H2,1H3,(H,28,29)/b27-15+. The van der Waals surface area contributed by atoms with E-state index in [9.17, 15) is 34.8 Å². The second-order valence-corrected chi connectivity index (χ2v) is 11.0. The first-order chi connectivity index (χ1) is 16.8. The zero-order chi connectivity index (χ0) is 26.6. The molecule has 3 rings (SSSR count). The fourth-order valence-corrected chi connectivity index (χ4v) is 4.48. The topological polar surface area (TPSA) is 119 Å². The van der Waals surface area contributed by atoms with Gasteiger partial charge in [-0.15, -0.1) is 0 Å². The fraction of sp³-hybridized carbons (Fsp3) is 0.130. The molecule has 0 aliphatic carbocycles. The Bertz CT molecular complexity index is 1480. The highest BCUT2D eigenvalue weighted by Crippen LogP contribution is 2.30. The number of nitrogens with one attached hydrogen (secondary N) is 1. The lowest BCUT2D eigenvalue weighted by Gasteiger charge is -2.11. The van der Waals surface area contributed by atoms with Crippen molar-refractivity contribution in [3.05, 3.63) is 89.5 Å². The first-order valence-corrected chi connectivity index (χ1v) is 13.4. The third-order valence-electron chi connectivity index (χ3n) is 4.70. The van der Waals surface area contributed by atoms with Crippen LogP contribution in [0.3, 0.4) is 0 Å². The number of halogens is 3. The number of hydrogen-bond donors (Lipinski definition) is 1. The molecule has 36 heavy (non-hydrogen) atoms. The molecule has 0 saturated carbocycles. The average Bonchev–Trinajstić information content (AvgIpc) is 2.79. The predicted molar refractivity (Wildman–Crippen MR) is 125 cm³/mol. The number of alkyl halides is 3. The minimum atomic E-state index is -4.61. The summed E-state index contributed by atoms with van der Waals surface area (Å²) in [5.74, 6) is -0.680. The molecule has 1 N–H and O–H groups in total. The van der Waals surface area contributed by atoms with Crippen LogP contribution < -0.4 is 9.61 Å². The first kappa shape index (κ1) is 26.9. The van der Waals surface area contributed by atoms with Gasteiger partial charge in [0.1, 0.15) is 4.90 Å². The smallest absolute Gasteiger partial charge is 0.378 e. The van der Waals surface area contributed by atoms with Gasteiger partial charge in [-0.2, -0.15) is 26.7 Å². The van der Waals surface area contributed by atoms with E-state index in [1.807, 2.05) is 0 Å². The van der Waals surface area contributed by atoms with E-state index in [4.69, 9.17) is 4.18 Å². The molecule has 0 saturated heterocycles. The molecule has 0 aliphatic heterocycles. The van der Waals surface area contributed by atoms with Crippen molar-refractivity contribution in [1.82, 2.24) is 5.43 Å². The summed E-state index contributed by atoms with van der Waals surface area (Å²) in [5.41, 5.74) is 1.98. The second kappa shape index (κ2) is 10.5. The van der Waals surface area contributed by atoms with Gasteiger partial charge in [0.15, 0.2) is 15.6 Å². The van der Waals surface area contributed by atoms with E-state index < -0.39 is 42.5 Å². The van der Waals surface area contributed by atoms with Crippen LogP contribution in [0, 0.1) is 0 Å². The molecular formula is C23H19F3N2O6S2. The van der Waals surface area contributed by atoms with Crippen molar-refractivity contribution in [2.24, 2.45) is 5.10 Å². The zero-order valence-electron chi connectivity index (χ0n) is 18.6. The van der Waals surface area contributed by atoms with Gasteiger partial charge < -0.3 is 4.18 Å². The highest BCUT2D eigenvalue weighted by atomic mass is 32.2. The molecule has 190 valence electrons. The minimum absolute atomic E-state index is 0.0954. The molecular weight excluding hydrogens is 521 g/mol. The van der Waals surface area contributed by atoms with Crippen LogP contribution in [0.2, 0.25) is 0 Å². The van der Waals surface area contributed by atoms with Crippen molar-refractivity contribution in [2.45, 2.75) is 22.4 Å². The van der Waals surface area contributed by atoms with Gasteiger partial charge in [0.25, 0.3) is 0 Å². The highest BCUT2D eigenvalue weighted by molar-refractivity contribution is 7.90.